The number of rotatable bonds is 1. The van der Waals surface area contributed by atoms with E-state index in [9.17, 15) is 0 Å². The lowest BCUT2D eigenvalue weighted by Gasteiger charge is -1.89. The van der Waals surface area contributed by atoms with Gasteiger partial charge in [-0.2, -0.15) is 0 Å². The van der Waals surface area contributed by atoms with Gasteiger partial charge in [0, 0.05) is 0 Å². The van der Waals surface area contributed by atoms with Crippen LogP contribution in [0.1, 0.15) is 0 Å². The van der Waals surface area contributed by atoms with E-state index in [-0.39, 0.29) is 12.4 Å². The maximum atomic E-state index is 2.19. The summed E-state index contributed by atoms with van der Waals surface area (Å²) in [5, 5.41) is 1.44. The van der Waals surface area contributed by atoms with Crippen LogP contribution in [0.15, 0.2) is 30.3 Å². The molecule has 1 atom stereocenters. The molecule has 2 heteroatoms. The Hall–Kier alpha value is -0.0600. The molecule has 0 saturated heterocycles. The minimum Gasteiger partial charge on any atom is -0.147 e. The molecule has 0 aliphatic carbocycles. The molecular weight excluding hydrogens is 151 g/mol. The summed E-state index contributed by atoms with van der Waals surface area (Å²) >= 11 is 0. The Morgan fingerprint density at radius 1 is 1.11 bits per heavy atom. The SMILES string of the molecule is CPc1ccccc1.Cl. The summed E-state index contributed by atoms with van der Waals surface area (Å²) in [5.41, 5.74) is 0. The zero-order valence-corrected chi connectivity index (χ0v) is 7.11. The monoisotopic (exact) mass is 160 g/mol. The second-order valence-electron chi connectivity index (χ2n) is 1.62. The number of hydrogen-bond donors (Lipinski definition) is 0. The van der Waals surface area contributed by atoms with Crippen LogP contribution in [0.25, 0.3) is 0 Å². The molecule has 1 aromatic carbocycles. The normalized spacial score (nSPS) is 9.44. The Morgan fingerprint density at radius 3 is 2.00 bits per heavy atom. The van der Waals surface area contributed by atoms with Gasteiger partial charge >= 0.3 is 0 Å². The standard InChI is InChI=1S/C7H9P.ClH/c1-8-7-5-3-2-4-6-7;/h2-6,8H,1H3;1H. The van der Waals surface area contributed by atoms with Gasteiger partial charge in [0.1, 0.15) is 0 Å². The van der Waals surface area contributed by atoms with E-state index in [0.29, 0.717) is 0 Å². The molecular formula is C7H10ClP. The van der Waals surface area contributed by atoms with Crippen LogP contribution < -0.4 is 5.30 Å². The average molecular weight is 161 g/mol. The third kappa shape index (κ3) is 2.84. The van der Waals surface area contributed by atoms with E-state index >= 15 is 0 Å². The first-order valence-electron chi connectivity index (χ1n) is 2.66. The molecule has 0 aromatic heterocycles. The number of hydrogen-bond acceptors (Lipinski definition) is 0. The number of benzene rings is 1. The number of halogens is 1. The molecule has 1 aromatic rings. The molecule has 50 valence electrons. The highest BCUT2D eigenvalue weighted by Crippen LogP contribution is 2.00. The summed E-state index contributed by atoms with van der Waals surface area (Å²) in [6, 6.07) is 10.5. The van der Waals surface area contributed by atoms with Gasteiger partial charge in [-0.05, 0) is 12.0 Å². The maximum Gasteiger partial charge on any atom is -0.0274 e. The topological polar surface area (TPSA) is 0 Å². The van der Waals surface area contributed by atoms with Crippen molar-refractivity contribution < 1.29 is 0 Å². The Morgan fingerprint density at radius 2 is 1.67 bits per heavy atom. The van der Waals surface area contributed by atoms with Crippen LogP contribution in [0.2, 0.25) is 0 Å². The Labute approximate surface area is 63.9 Å². The van der Waals surface area contributed by atoms with Gasteiger partial charge in [-0.15, -0.1) is 12.4 Å². The quantitative estimate of drug-likeness (QED) is 0.552. The van der Waals surface area contributed by atoms with Crippen molar-refractivity contribution in [3.8, 4) is 0 Å². The van der Waals surface area contributed by atoms with E-state index in [0.717, 1.165) is 8.58 Å². The van der Waals surface area contributed by atoms with Crippen molar-refractivity contribution in [2.45, 2.75) is 0 Å². The highest BCUT2D eigenvalue weighted by Gasteiger charge is 1.79. The predicted octanol–water partition coefficient (Wildman–Crippen LogP) is 2.04. The highest BCUT2D eigenvalue weighted by molar-refractivity contribution is 7.46. The van der Waals surface area contributed by atoms with Crippen molar-refractivity contribution in [3.63, 3.8) is 0 Å². The predicted molar refractivity (Wildman–Crippen MR) is 47.6 cm³/mol. The molecule has 9 heavy (non-hydrogen) atoms. The molecule has 0 nitrogen and oxygen atoms in total. The van der Waals surface area contributed by atoms with E-state index in [4.69, 9.17) is 0 Å². The van der Waals surface area contributed by atoms with Gasteiger partial charge in [0.15, 0.2) is 0 Å². The Kier molecular flexibility index (Phi) is 4.75. The van der Waals surface area contributed by atoms with Crippen molar-refractivity contribution in [1.29, 1.82) is 0 Å². The van der Waals surface area contributed by atoms with E-state index in [1.165, 1.54) is 5.30 Å². The average Bonchev–Trinajstić information content (AvgIpc) is 1.90. The molecule has 0 aliphatic rings. The molecule has 0 saturated carbocycles. The Bertz CT molecular complexity index is 150. The van der Waals surface area contributed by atoms with Gasteiger partial charge in [-0.1, -0.05) is 38.9 Å². The smallest absolute Gasteiger partial charge is 0.0274 e. The van der Waals surface area contributed by atoms with Gasteiger partial charge in [0.2, 0.25) is 0 Å². The fourth-order valence-corrected chi connectivity index (χ4v) is 1.13. The van der Waals surface area contributed by atoms with Crippen molar-refractivity contribution in [2.75, 3.05) is 6.66 Å². The fourth-order valence-electron chi connectivity index (χ4n) is 0.605. The van der Waals surface area contributed by atoms with Gasteiger partial charge < -0.3 is 0 Å². The first kappa shape index (κ1) is 8.94. The third-order valence-corrected chi connectivity index (χ3v) is 1.97. The van der Waals surface area contributed by atoms with Crippen LogP contribution in [0.5, 0.6) is 0 Å². The lowest BCUT2D eigenvalue weighted by molar-refractivity contribution is 1.78. The lowest BCUT2D eigenvalue weighted by Crippen LogP contribution is -1.87. The molecule has 1 rings (SSSR count). The van der Waals surface area contributed by atoms with Crippen molar-refractivity contribution in [1.82, 2.24) is 0 Å². The zero-order valence-electron chi connectivity index (χ0n) is 5.29. The summed E-state index contributed by atoms with van der Waals surface area (Å²) in [7, 11) is 0.930. The second-order valence-corrected chi connectivity index (χ2v) is 2.69. The lowest BCUT2D eigenvalue weighted by atomic mass is 10.4. The van der Waals surface area contributed by atoms with Crippen molar-refractivity contribution in [2.24, 2.45) is 0 Å². The summed E-state index contributed by atoms with van der Waals surface area (Å²) < 4.78 is 0. The Balaban J connectivity index is 0.000000640. The van der Waals surface area contributed by atoms with Crippen LogP contribution in [-0.4, -0.2) is 6.66 Å². The highest BCUT2D eigenvalue weighted by atomic mass is 35.5. The summed E-state index contributed by atoms with van der Waals surface area (Å²) in [6.07, 6.45) is 0. The molecule has 1 unspecified atom stereocenters. The first-order chi connectivity index (χ1) is 3.93. The van der Waals surface area contributed by atoms with Crippen molar-refractivity contribution in [3.05, 3.63) is 30.3 Å². The molecule has 0 bridgehead atoms. The molecule has 0 amide bonds. The molecule has 0 radical (unpaired) electrons. The minimum atomic E-state index is 0. The summed E-state index contributed by atoms with van der Waals surface area (Å²) in [5.74, 6) is 0. The molecule has 0 heterocycles. The van der Waals surface area contributed by atoms with E-state index in [1.54, 1.807) is 0 Å². The minimum absolute atomic E-state index is 0. The van der Waals surface area contributed by atoms with Gasteiger partial charge in [0.05, 0.1) is 0 Å². The van der Waals surface area contributed by atoms with Crippen LogP contribution >= 0.6 is 21.0 Å². The second kappa shape index (κ2) is 4.78. The molecule has 0 N–H and O–H groups in total. The first-order valence-corrected chi connectivity index (χ1v) is 4.16. The van der Waals surface area contributed by atoms with Gasteiger partial charge in [0.25, 0.3) is 0 Å². The van der Waals surface area contributed by atoms with Crippen molar-refractivity contribution >= 4 is 26.3 Å². The van der Waals surface area contributed by atoms with Crippen LogP contribution in [0.4, 0.5) is 0 Å². The molecule has 0 spiro atoms. The molecule has 0 fully saturated rings. The zero-order chi connectivity index (χ0) is 5.82. The van der Waals surface area contributed by atoms with Crippen LogP contribution in [0, 0.1) is 0 Å². The maximum absolute atomic E-state index is 2.19. The van der Waals surface area contributed by atoms with Gasteiger partial charge in [-0.25, -0.2) is 0 Å². The van der Waals surface area contributed by atoms with E-state index in [1.807, 2.05) is 6.07 Å². The van der Waals surface area contributed by atoms with Gasteiger partial charge in [-0.3, -0.25) is 0 Å². The summed E-state index contributed by atoms with van der Waals surface area (Å²) in [4.78, 5) is 0. The van der Waals surface area contributed by atoms with E-state index < -0.39 is 0 Å². The molecule has 0 aliphatic heterocycles. The largest absolute Gasteiger partial charge is 0.147 e. The fraction of sp³-hybridized carbons (Fsp3) is 0.143. The van der Waals surface area contributed by atoms with Crippen LogP contribution in [0.3, 0.4) is 0 Å². The summed E-state index contributed by atoms with van der Waals surface area (Å²) in [6.45, 7) is 2.19. The van der Waals surface area contributed by atoms with Crippen LogP contribution in [-0.2, 0) is 0 Å². The third-order valence-electron chi connectivity index (χ3n) is 1.06. The van der Waals surface area contributed by atoms with E-state index in [2.05, 4.69) is 30.9 Å².